The number of phosphoric acid groups is 1. The lowest BCUT2D eigenvalue weighted by atomic mass is 10.1. The van der Waals surface area contributed by atoms with E-state index in [0.717, 1.165) is 77.0 Å². The molecule has 0 fully saturated rings. The predicted octanol–water partition coefficient (Wildman–Crippen LogP) is 11.3. The molecule has 0 aromatic rings. The van der Waals surface area contributed by atoms with Gasteiger partial charge in [0.15, 0.2) is 6.10 Å². The van der Waals surface area contributed by atoms with Gasteiger partial charge in [-0.1, -0.05) is 151 Å². The fourth-order valence-corrected chi connectivity index (χ4v) is 6.12. The summed E-state index contributed by atoms with van der Waals surface area (Å²) in [6, 6.07) is -1.53. The van der Waals surface area contributed by atoms with E-state index in [1.807, 2.05) is 12.2 Å². The lowest BCUT2D eigenvalue weighted by Crippen LogP contribution is -2.34. The largest absolute Gasteiger partial charge is 0.480 e. The standard InChI is InChI=1S/C45H76NO10P/c1-3-5-7-9-11-13-15-17-18-19-20-21-22-23-25-26-28-30-32-34-36-43(47)53-38-41(39-54-57(51,52)55-40-42(46)45(49)50)56-44(48)37-35-33-31-29-27-24-16-14-12-10-8-6-4-2/h5,7,11,13,17-18,20-21,24,27,31,33,41-42H,3-4,6,8-10,12,14-16,19,22-23,25-26,28-30,32,34-40,46H2,1-2H3,(H,49,50)(H,51,52)/b7-5+,13-11+,18-17+,21-20+,27-24+,33-31+/t41?,42-/m1/s1. The number of phosphoric ester groups is 1. The van der Waals surface area contributed by atoms with Gasteiger partial charge in [0.05, 0.1) is 13.2 Å². The fraction of sp³-hybridized carbons (Fsp3) is 0.667. The minimum Gasteiger partial charge on any atom is -0.480 e. The summed E-state index contributed by atoms with van der Waals surface area (Å²) in [4.78, 5) is 45.9. The Bertz CT molecular complexity index is 1240. The third kappa shape index (κ3) is 39.5. The third-order valence-corrected chi connectivity index (χ3v) is 9.65. The van der Waals surface area contributed by atoms with Crippen LogP contribution in [0.5, 0.6) is 0 Å². The first-order valence-electron chi connectivity index (χ1n) is 21.5. The highest BCUT2D eigenvalue weighted by Gasteiger charge is 2.28. The molecule has 0 bridgehead atoms. The number of nitrogens with two attached hydrogens (primary N) is 1. The number of hydrogen-bond donors (Lipinski definition) is 3. The highest BCUT2D eigenvalue weighted by molar-refractivity contribution is 7.47. The lowest BCUT2D eigenvalue weighted by Gasteiger charge is -2.20. The van der Waals surface area contributed by atoms with Gasteiger partial charge < -0.3 is 25.2 Å². The first-order chi connectivity index (χ1) is 27.6. The van der Waals surface area contributed by atoms with Gasteiger partial charge in [-0.2, -0.15) is 0 Å². The Morgan fingerprint density at radius 3 is 1.54 bits per heavy atom. The van der Waals surface area contributed by atoms with Crippen LogP contribution in [0.2, 0.25) is 0 Å². The number of allylic oxidation sites excluding steroid dienone is 12. The molecule has 0 aliphatic heterocycles. The number of esters is 2. The Hall–Kier alpha value is -3.08. The lowest BCUT2D eigenvalue weighted by molar-refractivity contribution is -0.161. The molecule has 4 N–H and O–H groups in total. The Labute approximate surface area is 344 Å². The minimum absolute atomic E-state index is 0.0492. The zero-order valence-electron chi connectivity index (χ0n) is 35.2. The van der Waals surface area contributed by atoms with Crippen molar-refractivity contribution < 1.29 is 47.5 Å². The van der Waals surface area contributed by atoms with Crippen molar-refractivity contribution in [2.45, 2.75) is 174 Å². The fourth-order valence-electron chi connectivity index (χ4n) is 5.34. The van der Waals surface area contributed by atoms with Gasteiger partial charge in [0.25, 0.3) is 0 Å². The quantitative estimate of drug-likeness (QED) is 0.0233. The molecule has 0 spiro atoms. The summed E-state index contributed by atoms with van der Waals surface area (Å²) in [7, 11) is -4.73. The number of carboxylic acid groups (broad SMARTS) is 1. The van der Waals surface area contributed by atoms with Gasteiger partial charge in [-0.25, -0.2) is 4.57 Å². The molecule has 0 heterocycles. The van der Waals surface area contributed by atoms with Crippen LogP contribution >= 0.6 is 7.82 Å². The summed E-state index contributed by atoms with van der Waals surface area (Å²) in [6.07, 6.45) is 47.0. The van der Waals surface area contributed by atoms with Gasteiger partial charge in [0, 0.05) is 12.8 Å². The topological polar surface area (TPSA) is 172 Å². The average Bonchev–Trinajstić information content (AvgIpc) is 3.19. The third-order valence-electron chi connectivity index (χ3n) is 8.70. The van der Waals surface area contributed by atoms with E-state index in [0.29, 0.717) is 12.8 Å². The molecule has 0 amide bonds. The SMILES string of the molecule is CC/C=C/C/C=C/C/C=C/C/C=C/CCCCCCCCCC(=O)OCC(COP(=O)(O)OC[C@@H](N)C(=O)O)OC(=O)CC/C=C/C/C=C/CCCCCCCC. The van der Waals surface area contributed by atoms with Gasteiger partial charge in [0.2, 0.25) is 0 Å². The Kier molecular flexibility index (Phi) is 37.6. The van der Waals surface area contributed by atoms with Crippen LogP contribution in [0.1, 0.15) is 162 Å². The van der Waals surface area contributed by atoms with Crippen LogP contribution in [0.4, 0.5) is 0 Å². The molecule has 3 atom stereocenters. The van der Waals surface area contributed by atoms with E-state index in [1.54, 1.807) is 0 Å². The molecule has 0 aromatic heterocycles. The van der Waals surface area contributed by atoms with Gasteiger partial charge in [-0.15, -0.1) is 0 Å². The first-order valence-corrected chi connectivity index (χ1v) is 23.0. The Morgan fingerprint density at radius 1 is 0.561 bits per heavy atom. The number of carbonyl (C=O) groups excluding carboxylic acids is 2. The molecule has 2 unspecified atom stereocenters. The highest BCUT2D eigenvalue weighted by Crippen LogP contribution is 2.43. The average molecular weight is 822 g/mol. The maximum atomic E-state index is 12.6. The van der Waals surface area contributed by atoms with Crippen molar-refractivity contribution in [2.75, 3.05) is 19.8 Å². The molecule has 11 nitrogen and oxygen atoms in total. The van der Waals surface area contributed by atoms with E-state index in [2.05, 4.69) is 79.1 Å². The van der Waals surface area contributed by atoms with Crippen molar-refractivity contribution >= 4 is 25.7 Å². The second-order valence-corrected chi connectivity index (χ2v) is 15.5. The monoisotopic (exact) mass is 822 g/mol. The zero-order chi connectivity index (χ0) is 42.1. The van der Waals surface area contributed by atoms with Gasteiger partial charge in [-0.05, 0) is 70.6 Å². The molecule has 0 aromatic carbocycles. The second-order valence-electron chi connectivity index (χ2n) is 14.1. The van der Waals surface area contributed by atoms with E-state index >= 15 is 0 Å². The molecule has 0 aliphatic rings. The van der Waals surface area contributed by atoms with E-state index in [4.69, 9.17) is 24.8 Å². The van der Waals surface area contributed by atoms with Crippen molar-refractivity contribution in [1.29, 1.82) is 0 Å². The van der Waals surface area contributed by atoms with Crippen LogP contribution < -0.4 is 5.73 Å². The number of carboxylic acids is 1. The number of unbranched alkanes of at least 4 members (excludes halogenated alkanes) is 13. The molecular formula is C45H76NO10P. The smallest absolute Gasteiger partial charge is 0.472 e. The first kappa shape index (κ1) is 53.9. The summed E-state index contributed by atoms with van der Waals surface area (Å²) in [5, 5.41) is 8.88. The predicted molar refractivity (Wildman–Crippen MR) is 231 cm³/mol. The van der Waals surface area contributed by atoms with E-state index in [9.17, 15) is 23.8 Å². The maximum Gasteiger partial charge on any atom is 0.472 e. The molecule has 57 heavy (non-hydrogen) atoms. The zero-order valence-corrected chi connectivity index (χ0v) is 36.0. The van der Waals surface area contributed by atoms with Crippen LogP contribution in [-0.2, 0) is 37.5 Å². The van der Waals surface area contributed by atoms with Crippen LogP contribution in [-0.4, -0.2) is 59.9 Å². The van der Waals surface area contributed by atoms with E-state index in [-0.39, 0.29) is 19.4 Å². The number of rotatable bonds is 39. The summed E-state index contributed by atoms with van der Waals surface area (Å²) < 4.78 is 32.6. The normalized spacial score (nSPS) is 14.5. The summed E-state index contributed by atoms with van der Waals surface area (Å²) in [5.41, 5.74) is 5.32. The van der Waals surface area contributed by atoms with Crippen molar-refractivity contribution in [3.8, 4) is 0 Å². The van der Waals surface area contributed by atoms with Crippen LogP contribution in [0.15, 0.2) is 72.9 Å². The van der Waals surface area contributed by atoms with Crippen molar-refractivity contribution in [1.82, 2.24) is 0 Å². The Morgan fingerprint density at radius 2 is 1.02 bits per heavy atom. The molecule has 12 heteroatoms. The highest BCUT2D eigenvalue weighted by atomic mass is 31.2. The number of aliphatic carboxylic acids is 1. The molecular weight excluding hydrogens is 745 g/mol. The van der Waals surface area contributed by atoms with Crippen LogP contribution in [0, 0.1) is 0 Å². The number of hydrogen-bond acceptors (Lipinski definition) is 9. The molecule has 326 valence electrons. The van der Waals surface area contributed by atoms with Crippen molar-refractivity contribution in [2.24, 2.45) is 5.73 Å². The molecule has 0 saturated carbocycles. The number of ether oxygens (including phenoxy) is 2. The van der Waals surface area contributed by atoms with Crippen LogP contribution in [0.3, 0.4) is 0 Å². The molecule has 0 saturated heterocycles. The second kappa shape index (κ2) is 39.7. The van der Waals surface area contributed by atoms with Crippen molar-refractivity contribution in [3.63, 3.8) is 0 Å². The van der Waals surface area contributed by atoms with E-state index in [1.165, 1.54) is 44.9 Å². The van der Waals surface area contributed by atoms with Gasteiger partial charge >= 0.3 is 25.7 Å². The molecule has 0 rings (SSSR count). The summed E-state index contributed by atoms with van der Waals surface area (Å²) >= 11 is 0. The summed E-state index contributed by atoms with van der Waals surface area (Å²) in [5.74, 6) is -2.49. The summed E-state index contributed by atoms with van der Waals surface area (Å²) in [6.45, 7) is 2.59. The Balaban J connectivity index is 4.42. The molecule has 0 aliphatic carbocycles. The number of carbonyl (C=O) groups is 3. The van der Waals surface area contributed by atoms with Gasteiger partial charge in [-0.3, -0.25) is 23.4 Å². The minimum atomic E-state index is -4.73. The van der Waals surface area contributed by atoms with Gasteiger partial charge in [0.1, 0.15) is 12.6 Å². The maximum absolute atomic E-state index is 12.6. The molecule has 0 radical (unpaired) electrons. The van der Waals surface area contributed by atoms with Crippen molar-refractivity contribution in [3.05, 3.63) is 72.9 Å². The van der Waals surface area contributed by atoms with E-state index < -0.39 is 51.1 Å². The van der Waals surface area contributed by atoms with Crippen LogP contribution in [0.25, 0.3) is 0 Å².